The van der Waals surface area contributed by atoms with Crippen LogP contribution in [0, 0.1) is 0 Å². The van der Waals surface area contributed by atoms with E-state index in [0.29, 0.717) is 6.73 Å². The molecule has 2 nitrogen and oxygen atoms in total. The van der Waals surface area contributed by atoms with Gasteiger partial charge in [-0.05, 0) is 42.7 Å². The maximum atomic E-state index is 6.87. The van der Waals surface area contributed by atoms with Crippen LogP contribution in [0.15, 0.2) is 84.9 Å². The van der Waals surface area contributed by atoms with E-state index < -0.39 is 0 Å². The molecule has 0 saturated heterocycles. The molecule has 0 heterocycles. The Labute approximate surface area is 173 Å². The van der Waals surface area contributed by atoms with Crippen molar-refractivity contribution in [3.05, 3.63) is 102 Å². The average molecular weight is 393 g/mol. The summed E-state index contributed by atoms with van der Waals surface area (Å²) in [6, 6.07) is 28.6. The van der Waals surface area contributed by atoms with Gasteiger partial charge in [0.25, 0.3) is 0 Å². The van der Waals surface area contributed by atoms with Gasteiger partial charge >= 0.3 is 0 Å². The highest BCUT2D eigenvalue weighted by Crippen LogP contribution is 2.35. The maximum Gasteiger partial charge on any atom is 0.222 e. The van der Waals surface area contributed by atoms with Crippen molar-refractivity contribution in [3.63, 3.8) is 0 Å². The number of ether oxygens (including phenoxy) is 1. The predicted molar refractivity (Wildman–Crippen MR) is 119 cm³/mol. The highest BCUT2D eigenvalue weighted by atomic mass is 35.5. The molecule has 1 N–H and O–H groups in total. The summed E-state index contributed by atoms with van der Waals surface area (Å²) in [7, 11) is 0. The van der Waals surface area contributed by atoms with E-state index in [0.717, 1.165) is 46.1 Å². The Morgan fingerprint density at radius 1 is 0.714 bits per heavy atom. The average Bonchev–Trinajstić information content (AvgIpc) is 2.77. The van der Waals surface area contributed by atoms with Crippen LogP contribution in [0.4, 0.5) is 0 Å². The molecule has 0 aliphatic carbocycles. The van der Waals surface area contributed by atoms with Crippen LogP contribution < -0.4 is 9.64 Å². The molecule has 0 unspecified atom stereocenters. The van der Waals surface area contributed by atoms with Crippen LogP contribution in [-0.2, 0) is 0 Å². The van der Waals surface area contributed by atoms with Crippen LogP contribution in [0.2, 0.25) is 0 Å². The lowest BCUT2D eigenvalue weighted by Crippen LogP contribution is -3.12. The van der Waals surface area contributed by atoms with Gasteiger partial charge in [-0.25, -0.2) is 0 Å². The van der Waals surface area contributed by atoms with Crippen LogP contribution in [0.5, 0.6) is 5.75 Å². The topological polar surface area (TPSA) is 13.7 Å². The summed E-state index contributed by atoms with van der Waals surface area (Å²) in [5.41, 5.74) is 4.20. The molecule has 3 heteroatoms. The SMILES string of the molecule is CC[NH+](CC)COc1ccc(C(=C(Cl)c2ccccc2)c2ccccc2)cc1. The first-order chi connectivity index (χ1) is 13.7. The third-order valence-electron chi connectivity index (χ3n) is 4.90. The second-order valence-corrected chi connectivity index (χ2v) is 7.07. The van der Waals surface area contributed by atoms with E-state index >= 15 is 0 Å². The molecule has 0 amide bonds. The van der Waals surface area contributed by atoms with Crippen LogP contribution in [0.1, 0.15) is 30.5 Å². The van der Waals surface area contributed by atoms with E-state index in [9.17, 15) is 0 Å². The zero-order valence-corrected chi connectivity index (χ0v) is 17.2. The molecule has 0 spiro atoms. The van der Waals surface area contributed by atoms with E-state index in [-0.39, 0.29) is 0 Å². The number of halogens is 1. The Balaban J connectivity index is 1.94. The fraction of sp³-hybridized carbons (Fsp3) is 0.200. The third-order valence-corrected chi connectivity index (χ3v) is 5.30. The summed E-state index contributed by atoms with van der Waals surface area (Å²) in [5, 5.41) is 0.744. The molecular weight excluding hydrogens is 366 g/mol. The van der Waals surface area contributed by atoms with E-state index in [1.54, 1.807) is 0 Å². The quantitative estimate of drug-likeness (QED) is 0.415. The lowest BCUT2D eigenvalue weighted by molar-refractivity contribution is -0.912. The van der Waals surface area contributed by atoms with Gasteiger partial charge in [0.2, 0.25) is 6.73 Å². The Morgan fingerprint density at radius 2 is 1.21 bits per heavy atom. The highest BCUT2D eigenvalue weighted by molar-refractivity contribution is 6.53. The number of rotatable bonds is 8. The number of hydrogen-bond donors (Lipinski definition) is 1. The van der Waals surface area contributed by atoms with Crippen molar-refractivity contribution in [2.24, 2.45) is 0 Å². The van der Waals surface area contributed by atoms with Gasteiger partial charge in [-0.1, -0.05) is 84.4 Å². The third kappa shape index (κ3) is 5.03. The number of hydrogen-bond acceptors (Lipinski definition) is 1. The van der Waals surface area contributed by atoms with Crippen LogP contribution in [-0.4, -0.2) is 19.8 Å². The molecule has 3 rings (SSSR count). The largest absolute Gasteiger partial charge is 0.445 e. The Kier molecular flexibility index (Phi) is 7.30. The second kappa shape index (κ2) is 10.1. The molecular formula is C25H27ClNO+. The minimum Gasteiger partial charge on any atom is -0.445 e. The van der Waals surface area contributed by atoms with Crippen LogP contribution in [0.25, 0.3) is 10.6 Å². The first-order valence-corrected chi connectivity index (χ1v) is 10.2. The molecule has 3 aromatic carbocycles. The van der Waals surface area contributed by atoms with Crippen molar-refractivity contribution < 1.29 is 9.64 Å². The highest BCUT2D eigenvalue weighted by Gasteiger charge is 2.13. The molecule has 0 aliphatic rings. The summed E-state index contributed by atoms with van der Waals surface area (Å²) >= 11 is 6.87. The monoisotopic (exact) mass is 392 g/mol. The van der Waals surface area contributed by atoms with Gasteiger partial charge in [-0.3, -0.25) is 0 Å². The molecule has 0 aliphatic heterocycles. The molecule has 3 aromatic rings. The van der Waals surface area contributed by atoms with E-state index in [1.165, 1.54) is 4.90 Å². The molecule has 0 atom stereocenters. The number of benzene rings is 3. The summed E-state index contributed by atoms with van der Waals surface area (Å²) in [4.78, 5) is 1.42. The standard InChI is InChI=1S/C25H26ClNO/c1-3-27(4-2)19-28-23-17-15-21(16-18-23)24(20-11-7-5-8-12-20)25(26)22-13-9-6-10-14-22/h5-18H,3-4,19H2,1-2H3/p+1. The van der Waals surface area contributed by atoms with Crippen molar-refractivity contribution in [1.82, 2.24) is 0 Å². The Morgan fingerprint density at radius 3 is 1.75 bits per heavy atom. The van der Waals surface area contributed by atoms with Gasteiger partial charge < -0.3 is 9.64 Å². The summed E-state index contributed by atoms with van der Waals surface area (Å²) < 4.78 is 5.95. The number of nitrogens with one attached hydrogen (secondary N) is 1. The Hall–Kier alpha value is -2.55. The van der Waals surface area contributed by atoms with Gasteiger partial charge in [0.15, 0.2) is 0 Å². The van der Waals surface area contributed by atoms with Gasteiger partial charge in [0.05, 0.1) is 18.1 Å². The molecule has 0 bridgehead atoms. The minimum absolute atomic E-state index is 0.679. The molecule has 0 aromatic heterocycles. The lowest BCUT2D eigenvalue weighted by atomic mass is 9.95. The van der Waals surface area contributed by atoms with Gasteiger partial charge in [0, 0.05) is 5.57 Å². The molecule has 28 heavy (non-hydrogen) atoms. The zero-order chi connectivity index (χ0) is 19.8. The number of quaternary nitrogens is 1. The van der Waals surface area contributed by atoms with Crippen molar-refractivity contribution in [3.8, 4) is 5.75 Å². The van der Waals surface area contributed by atoms with Gasteiger partial charge in [-0.15, -0.1) is 0 Å². The van der Waals surface area contributed by atoms with Gasteiger partial charge in [-0.2, -0.15) is 0 Å². The zero-order valence-electron chi connectivity index (χ0n) is 16.5. The summed E-state index contributed by atoms with van der Waals surface area (Å²) in [5.74, 6) is 0.881. The van der Waals surface area contributed by atoms with Crippen molar-refractivity contribution >= 4 is 22.2 Å². The first-order valence-electron chi connectivity index (χ1n) is 9.80. The van der Waals surface area contributed by atoms with Crippen molar-refractivity contribution in [1.29, 1.82) is 0 Å². The molecule has 144 valence electrons. The van der Waals surface area contributed by atoms with E-state index in [1.807, 2.05) is 60.7 Å². The van der Waals surface area contributed by atoms with E-state index in [4.69, 9.17) is 16.3 Å². The smallest absolute Gasteiger partial charge is 0.222 e. The summed E-state index contributed by atoms with van der Waals surface area (Å²) in [6.45, 7) is 7.14. The summed E-state index contributed by atoms with van der Waals surface area (Å²) in [6.07, 6.45) is 0. The lowest BCUT2D eigenvalue weighted by Gasteiger charge is -2.16. The minimum atomic E-state index is 0.679. The van der Waals surface area contributed by atoms with Crippen LogP contribution >= 0.6 is 11.6 Å². The molecule has 0 fully saturated rings. The predicted octanol–water partition coefficient (Wildman–Crippen LogP) is 5.10. The molecule has 0 saturated carbocycles. The van der Waals surface area contributed by atoms with Crippen molar-refractivity contribution in [2.45, 2.75) is 13.8 Å². The second-order valence-electron chi connectivity index (χ2n) is 6.69. The Bertz CT molecular complexity index is 885. The van der Waals surface area contributed by atoms with Crippen molar-refractivity contribution in [2.75, 3.05) is 19.8 Å². The van der Waals surface area contributed by atoms with Gasteiger partial charge in [0.1, 0.15) is 5.75 Å². The van der Waals surface area contributed by atoms with Crippen LogP contribution in [0.3, 0.4) is 0 Å². The fourth-order valence-corrected chi connectivity index (χ4v) is 3.46. The normalized spacial score (nSPS) is 12.0. The first kappa shape index (κ1) is 20.2. The molecule has 0 radical (unpaired) electrons. The fourth-order valence-electron chi connectivity index (χ4n) is 3.11. The maximum absolute atomic E-state index is 6.87. The van der Waals surface area contributed by atoms with E-state index in [2.05, 4.69) is 38.1 Å².